The lowest BCUT2D eigenvalue weighted by Crippen LogP contribution is -2.15. The van der Waals surface area contributed by atoms with Crippen molar-refractivity contribution >= 4 is 0 Å². The quantitative estimate of drug-likeness (QED) is 0.336. The second-order valence-electron chi connectivity index (χ2n) is 10.1. The van der Waals surface area contributed by atoms with Gasteiger partial charge in [0.1, 0.15) is 39.6 Å². The van der Waals surface area contributed by atoms with Gasteiger partial charge < -0.3 is 56.8 Å². The molecule has 3 aromatic rings. The van der Waals surface area contributed by atoms with Crippen LogP contribution in [0.2, 0.25) is 0 Å². The third-order valence-corrected chi connectivity index (χ3v) is 6.57. The Morgan fingerprint density at radius 3 is 0.521 bits per heavy atom. The van der Waals surface area contributed by atoms with Gasteiger partial charge in [-0.1, -0.05) is 36.4 Å². The molecule has 0 saturated heterocycles. The van der Waals surface area contributed by atoms with Crippen LogP contribution in [-0.2, 0) is 28.4 Å². The van der Waals surface area contributed by atoms with Gasteiger partial charge >= 0.3 is 0 Å². The normalized spacial score (nSPS) is 18.2. The summed E-state index contributed by atoms with van der Waals surface area (Å²) in [5.74, 6) is 4.23. The summed E-state index contributed by atoms with van der Waals surface area (Å²) in [4.78, 5) is 0. The van der Waals surface area contributed by atoms with Crippen molar-refractivity contribution in [3.8, 4) is 34.5 Å². The second-order valence-corrected chi connectivity index (χ2v) is 10.1. The van der Waals surface area contributed by atoms with E-state index in [1.807, 2.05) is 72.8 Å². The van der Waals surface area contributed by atoms with Gasteiger partial charge in [0.25, 0.3) is 0 Å². The van der Waals surface area contributed by atoms with Crippen LogP contribution in [0.4, 0.5) is 0 Å². The molecule has 3 aromatic carbocycles. The zero-order valence-corrected chi connectivity index (χ0v) is 27.6. The van der Waals surface area contributed by atoms with Crippen LogP contribution in [-0.4, -0.2) is 119 Å². The molecule has 0 atom stereocenters. The molecule has 2 heterocycles. The number of rotatable bonds is 0. The minimum absolute atomic E-state index is 0.441. The summed E-state index contributed by atoms with van der Waals surface area (Å²) in [7, 11) is 0. The summed E-state index contributed by atoms with van der Waals surface area (Å²) in [6.07, 6.45) is 0. The Bertz CT molecular complexity index is 1090. The molecule has 0 amide bonds. The molecule has 12 nitrogen and oxygen atoms in total. The first-order valence-electron chi connectivity index (χ1n) is 16.4. The number of fused-ring (bicyclic) bond motifs is 3. The van der Waals surface area contributed by atoms with Crippen LogP contribution in [0.25, 0.3) is 0 Å². The zero-order chi connectivity index (χ0) is 33.2. The van der Waals surface area contributed by atoms with Gasteiger partial charge in [-0.25, -0.2) is 0 Å². The number of ether oxygens (including phenoxy) is 12. The van der Waals surface area contributed by atoms with E-state index in [1.165, 1.54) is 0 Å². The lowest BCUT2D eigenvalue weighted by atomic mass is 10.3. The lowest BCUT2D eigenvalue weighted by Gasteiger charge is -2.15. The maximum atomic E-state index is 5.74. The minimum Gasteiger partial charge on any atom is -0.487 e. The molecule has 0 aromatic heterocycles. The van der Waals surface area contributed by atoms with Gasteiger partial charge in [0, 0.05) is 0 Å². The monoisotopic (exact) mass is 672 g/mol. The van der Waals surface area contributed by atoms with Crippen molar-refractivity contribution in [2.45, 2.75) is 0 Å². The zero-order valence-electron chi connectivity index (χ0n) is 27.6. The standard InChI is InChI=1S/C20H24O6.C16H24O6/c1-2-6-18-17(5-1)23-13-9-21-11-15-25-19-7-3-4-8-20(19)26-16-12-22-10-14-24-18;1-2-4-16-15(3-1)21-13-11-19-9-7-17-5-6-18-8-10-20-12-14-22-16/h1-8H,9-16H2;1-4H,5-14H2. The van der Waals surface area contributed by atoms with E-state index in [4.69, 9.17) is 56.8 Å². The average molecular weight is 673 g/mol. The van der Waals surface area contributed by atoms with Gasteiger partial charge in [-0.2, -0.15) is 0 Å². The number of hydrogen-bond acceptors (Lipinski definition) is 12. The Morgan fingerprint density at radius 1 is 0.208 bits per heavy atom. The molecule has 0 fully saturated rings. The first kappa shape index (κ1) is 37.0. The molecule has 0 radical (unpaired) electrons. The molecule has 2 aliphatic heterocycles. The highest BCUT2D eigenvalue weighted by molar-refractivity contribution is 5.40. The van der Waals surface area contributed by atoms with Crippen molar-refractivity contribution in [1.82, 2.24) is 0 Å². The largest absolute Gasteiger partial charge is 0.487 e. The Morgan fingerprint density at radius 2 is 0.354 bits per heavy atom. The third kappa shape index (κ3) is 15.4. The molecule has 0 spiro atoms. The fourth-order valence-electron chi connectivity index (χ4n) is 4.30. The second kappa shape index (κ2) is 24.4. The van der Waals surface area contributed by atoms with Gasteiger partial charge in [0.05, 0.1) is 79.3 Å². The lowest BCUT2D eigenvalue weighted by molar-refractivity contribution is -0.00841. The first-order chi connectivity index (χ1) is 23.9. The molecule has 48 heavy (non-hydrogen) atoms. The molecular weight excluding hydrogens is 624 g/mol. The van der Waals surface area contributed by atoms with E-state index in [0.29, 0.717) is 153 Å². The topological polar surface area (TPSA) is 111 Å². The van der Waals surface area contributed by atoms with E-state index in [0.717, 1.165) is 0 Å². The van der Waals surface area contributed by atoms with Crippen molar-refractivity contribution in [1.29, 1.82) is 0 Å². The van der Waals surface area contributed by atoms with Crippen molar-refractivity contribution in [2.24, 2.45) is 0 Å². The predicted molar refractivity (Wildman–Crippen MR) is 177 cm³/mol. The van der Waals surface area contributed by atoms with Crippen LogP contribution in [0.1, 0.15) is 0 Å². The van der Waals surface area contributed by atoms with Crippen LogP contribution in [0.5, 0.6) is 34.5 Å². The van der Waals surface area contributed by atoms with E-state index >= 15 is 0 Å². The Hall–Kier alpha value is -3.78. The van der Waals surface area contributed by atoms with Crippen LogP contribution in [0.15, 0.2) is 72.8 Å². The van der Waals surface area contributed by atoms with Crippen LogP contribution < -0.4 is 28.4 Å². The average Bonchev–Trinajstić information content (AvgIpc) is 3.12. The van der Waals surface area contributed by atoms with Crippen molar-refractivity contribution in [3.05, 3.63) is 72.8 Å². The van der Waals surface area contributed by atoms with Gasteiger partial charge in [0.2, 0.25) is 0 Å². The van der Waals surface area contributed by atoms with E-state index in [9.17, 15) is 0 Å². The van der Waals surface area contributed by atoms with Crippen molar-refractivity contribution in [3.63, 3.8) is 0 Å². The van der Waals surface area contributed by atoms with E-state index in [1.54, 1.807) is 0 Å². The van der Waals surface area contributed by atoms with E-state index < -0.39 is 0 Å². The van der Waals surface area contributed by atoms with E-state index in [-0.39, 0.29) is 0 Å². The summed E-state index contributed by atoms with van der Waals surface area (Å²) >= 11 is 0. The molecule has 5 rings (SSSR count). The molecule has 12 heteroatoms. The molecule has 0 N–H and O–H groups in total. The number of hydrogen-bond donors (Lipinski definition) is 0. The van der Waals surface area contributed by atoms with Gasteiger partial charge in [-0.05, 0) is 36.4 Å². The maximum absolute atomic E-state index is 5.74. The molecule has 2 aliphatic rings. The van der Waals surface area contributed by atoms with Crippen LogP contribution >= 0.6 is 0 Å². The minimum atomic E-state index is 0.441. The molecule has 264 valence electrons. The maximum Gasteiger partial charge on any atom is 0.161 e. The fourth-order valence-corrected chi connectivity index (χ4v) is 4.30. The Labute approximate surface area is 282 Å². The van der Waals surface area contributed by atoms with Crippen molar-refractivity contribution < 1.29 is 56.8 Å². The molecule has 0 bridgehead atoms. The summed E-state index contributed by atoms with van der Waals surface area (Å²) in [6, 6.07) is 22.7. The number of para-hydroxylation sites is 6. The van der Waals surface area contributed by atoms with Crippen molar-refractivity contribution in [2.75, 3.05) is 119 Å². The Kier molecular flexibility index (Phi) is 18.8. The fraction of sp³-hybridized carbons (Fsp3) is 0.500. The van der Waals surface area contributed by atoms with Gasteiger partial charge in [0.15, 0.2) is 34.5 Å². The third-order valence-electron chi connectivity index (χ3n) is 6.57. The predicted octanol–water partition coefficient (Wildman–Crippen LogP) is 4.47. The summed E-state index contributed by atoms with van der Waals surface area (Å²) in [6.45, 7) is 8.95. The molecule has 0 unspecified atom stereocenters. The number of benzene rings is 3. The highest BCUT2D eigenvalue weighted by atomic mass is 16.6. The highest BCUT2D eigenvalue weighted by Gasteiger charge is 2.08. The summed E-state index contributed by atoms with van der Waals surface area (Å²) in [5.41, 5.74) is 0. The van der Waals surface area contributed by atoms with Crippen LogP contribution in [0.3, 0.4) is 0 Å². The SMILES string of the molecule is c1ccc2c(c1)OCCOCCOCCOCCOCCO2.c1ccc2c(c1)OCCOCCOc1ccccc1OCCOCCO2. The van der Waals surface area contributed by atoms with Crippen LogP contribution in [0, 0.1) is 0 Å². The Balaban J connectivity index is 0.000000220. The van der Waals surface area contributed by atoms with E-state index in [2.05, 4.69) is 0 Å². The highest BCUT2D eigenvalue weighted by Crippen LogP contribution is 2.28. The summed E-state index contributed by atoms with van der Waals surface area (Å²) in [5, 5.41) is 0. The summed E-state index contributed by atoms with van der Waals surface area (Å²) < 4.78 is 67.1. The first-order valence-corrected chi connectivity index (χ1v) is 16.4. The molecule has 0 saturated carbocycles. The van der Waals surface area contributed by atoms with Gasteiger partial charge in [-0.3, -0.25) is 0 Å². The smallest absolute Gasteiger partial charge is 0.161 e. The van der Waals surface area contributed by atoms with Gasteiger partial charge in [-0.15, -0.1) is 0 Å². The molecule has 0 aliphatic carbocycles. The molecular formula is C36H48O12.